The molecular weight excluding hydrogens is 417 g/mol. The zero-order chi connectivity index (χ0) is 23.6. The molecule has 32 heavy (non-hydrogen) atoms. The number of aryl methyl sites for hydroxylation is 1. The van der Waals surface area contributed by atoms with Crippen LogP contribution in [0.5, 0.6) is 0 Å². The van der Waals surface area contributed by atoms with Crippen molar-refractivity contribution in [3.8, 4) is 0 Å². The van der Waals surface area contributed by atoms with Crippen LogP contribution in [0.3, 0.4) is 0 Å². The molecule has 0 spiro atoms. The van der Waals surface area contributed by atoms with E-state index in [1.807, 2.05) is 6.92 Å². The number of carbonyl (C=O) groups excluding carboxylic acids is 4. The quantitative estimate of drug-likeness (QED) is 0.680. The fourth-order valence-corrected chi connectivity index (χ4v) is 3.18. The van der Waals surface area contributed by atoms with Gasteiger partial charge in [0.1, 0.15) is 11.4 Å². The first-order chi connectivity index (χ1) is 14.9. The lowest BCUT2D eigenvalue weighted by Gasteiger charge is -2.20. The molecule has 9 heteroatoms. The van der Waals surface area contributed by atoms with Crippen molar-refractivity contribution < 1.29 is 28.3 Å². The van der Waals surface area contributed by atoms with Gasteiger partial charge in [0.2, 0.25) is 5.91 Å². The molecule has 0 aromatic heterocycles. The Morgan fingerprint density at radius 2 is 1.66 bits per heavy atom. The smallest absolute Gasteiger partial charge is 0.412 e. The standard InChI is InChI=1S/C23H24FN3O5/c1-13-5-7-15-16(11-13)21(30)27(20(15)29)10-9-19(28)25-18-12-14(24)6-8-17(18)26-22(31)32-23(2,3)4/h5-8,11-12H,9-10H2,1-4H3,(H,25,28)(H,26,31). The monoisotopic (exact) mass is 441 g/mol. The van der Waals surface area contributed by atoms with E-state index < -0.39 is 35.2 Å². The van der Waals surface area contributed by atoms with Gasteiger partial charge in [-0.05, 0) is 58.0 Å². The van der Waals surface area contributed by atoms with Crippen molar-refractivity contribution in [1.82, 2.24) is 4.90 Å². The van der Waals surface area contributed by atoms with E-state index in [4.69, 9.17) is 4.74 Å². The van der Waals surface area contributed by atoms with Gasteiger partial charge in [0.25, 0.3) is 11.8 Å². The summed E-state index contributed by atoms with van der Waals surface area (Å²) in [6.45, 7) is 6.76. The van der Waals surface area contributed by atoms with Gasteiger partial charge in [-0.3, -0.25) is 24.6 Å². The zero-order valence-corrected chi connectivity index (χ0v) is 18.2. The van der Waals surface area contributed by atoms with E-state index in [0.717, 1.165) is 22.6 Å². The molecule has 0 aliphatic carbocycles. The van der Waals surface area contributed by atoms with E-state index in [0.29, 0.717) is 11.1 Å². The summed E-state index contributed by atoms with van der Waals surface area (Å²) in [5, 5.41) is 4.97. The summed E-state index contributed by atoms with van der Waals surface area (Å²) in [5.41, 5.74) is 0.891. The topological polar surface area (TPSA) is 105 Å². The number of amides is 4. The van der Waals surface area contributed by atoms with Crippen LogP contribution in [-0.4, -0.2) is 40.9 Å². The van der Waals surface area contributed by atoms with Gasteiger partial charge >= 0.3 is 6.09 Å². The molecule has 0 radical (unpaired) electrons. The number of halogens is 1. The molecule has 0 fully saturated rings. The lowest BCUT2D eigenvalue weighted by atomic mass is 10.1. The maximum atomic E-state index is 13.7. The van der Waals surface area contributed by atoms with Crippen molar-refractivity contribution in [2.24, 2.45) is 0 Å². The summed E-state index contributed by atoms with van der Waals surface area (Å²) in [5.74, 6) is -2.10. The first kappa shape index (κ1) is 22.9. The molecule has 168 valence electrons. The largest absolute Gasteiger partial charge is 0.444 e. The SMILES string of the molecule is Cc1ccc2c(c1)C(=O)N(CCC(=O)Nc1cc(F)ccc1NC(=O)OC(C)(C)C)C2=O. The van der Waals surface area contributed by atoms with Gasteiger partial charge < -0.3 is 10.1 Å². The highest BCUT2D eigenvalue weighted by Crippen LogP contribution is 2.26. The van der Waals surface area contributed by atoms with Crippen LogP contribution in [0.15, 0.2) is 36.4 Å². The van der Waals surface area contributed by atoms with Crippen LogP contribution in [0.25, 0.3) is 0 Å². The summed E-state index contributed by atoms with van der Waals surface area (Å²) in [6.07, 6.45) is -0.965. The molecule has 2 aromatic carbocycles. The second-order valence-electron chi connectivity index (χ2n) is 8.43. The minimum atomic E-state index is -0.763. The summed E-state index contributed by atoms with van der Waals surface area (Å²) in [6, 6.07) is 8.44. The molecule has 0 bridgehead atoms. The Hall–Kier alpha value is -3.75. The Morgan fingerprint density at radius 1 is 0.969 bits per heavy atom. The van der Waals surface area contributed by atoms with Crippen molar-refractivity contribution in [2.75, 3.05) is 17.2 Å². The van der Waals surface area contributed by atoms with E-state index in [1.54, 1.807) is 39.0 Å². The molecule has 0 unspecified atom stereocenters. The predicted molar refractivity (Wildman–Crippen MR) is 116 cm³/mol. The second kappa shape index (κ2) is 8.78. The number of imide groups is 1. The van der Waals surface area contributed by atoms with Gasteiger partial charge in [0, 0.05) is 13.0 Å². The van der Waals surface area contributed by atoms with Crippen molar-refractivity contribution in [2.45, 2.75) is 39.7 Å². The van der Waals surface area contributed by atoms with Gasteiger partial charge in [-0.15, -0.1) is 0 Å². The number of anilines is 2. The number of benzene rings is 2. The van der Waals surface area contributed by atoms with Crippen LogP contribution in [0.4, 0.5) is 20.6 Å². The maximum absolute atomic E-state index is 13.7. The van der Waals surface area contributed by atoms with Crippen LogP contribution in [0, 0.1) is 12.7 Å². The fourth-order valence-electron chi connectivity index (χ4n) is 3.18. The normalized spacial score (nSPS) is 13.1. The number of hydrogen-bond acceptors (Lipinski definition) is 5. The Kier molecular flexibility index (Phi) is 6.29. The van der Waals surface area contributed by atoms with Crippen LogP contribution in [0.1, 0.15) is 53.5 Å². The summed E-state index contributed by atoms with van der Waals surface area (Å²) in [7, 11) is 0. The molecule has 0 saturated carbocycles. The van der Waals surface area contributed by atoms with E-state index >= 15 is 0 Å². The predicted octanol–water partition coefficient (Wildman–Crippen LogP) is 4.11. The minimum Gasteiger partial charge on any atom is -0.444 e. The minimum absolute atomic E-state index is 0.0267. The van der Waals surface area contributed by atoms with Crippen molar-refractivity contribution in [3.05, 3.63) is 58.9 Å². The molecule has 0 atom stereocenters. The van der Waals surface area contributed by atoms with E-state index in [9.17, 15) is 23.6 Å². The Bertz CT molecular complexity index is 1110. The Morgan fingerprint density at radius 3 is 2.34 bits per heavy atom. The van der Waals surface area contributed by atoms with Crippen LogP contribution in [-0.2, 0) is 9.53 Å². The van der Waals surface area contributed by atoms with Crippen molar-refractivity contribution in [3.63, 3.8) is 0 Å². The lowest BCUT2D eigenvalue weighted by Crippen LogP contribution is -2.33. The van der Waals surface area contributed by atoms with Gasteiger partial charge in [-0.2, -0.15) is 0 Å². The van der Waals surface area contributed by atoms with E-state index in [2.05, 4.69) is 10.6 Å². The van der Waals surface area contributed by atoms with Gasteiger partial charge in [-0.1, -0.05) is 11.6 Å². The molecule has 2 N–H and O–H groups in total. The Balaban J connectivity index is 1.65. The molecular formula is C23H24FN3O5. The number of nitrogens with one attached hydrogen (secondary N) is 2. The van der Waals surface area contributed by atoms with Crippen LogP contribution in [0.2, 0.25) is 0 Å². The van der Waals surface area contributed by atoms with Gasteiger partial charge in [0.15, 0.2) is 0 Å². The third-order valence-corrected chi connectivity index (χ3v) is 4.58. The molecule has 0 saturated heterocycles. The summed E-state index contributed by atoms with van der Waals surface area (Å²) < 4.78 is 18.9. The third-order valence-electron chi connectivity index (χ3n) is 4.58. The number of fused-ring (bicyclic) bond motifs is 1. The number of ether oxygens (including phenoxy) is 1. The number of hydrogen-bond donors (Lipinski definition) is 2. The van der Waals surface area contributed by atoms with E-state index in [-0.39, 0.29) is 24.3 Å². The first-order valence-electron chi connectivity index (χ1n) is 10.0. The molecule has 3 rings (SSSR count). The third kappa shape index (κ3) is 5.29. The summed E-state index contributed by atoms with van der Waals surface area (Å²) in [4.78, 5) is 50.5. The maximum Gasteiger partial charge on any atom is 0.412 e. The lowest BCUT2D eigenvalue weighted by molar-refractivity contribution is -0.116. The first-order valence-corrected chi connectivity index (χ1v) is 10.0. The van der Waals surface area contributed by atoms with Crippen molar-refractivity contribution >= 4 is 35.2 Å². The summed E-state index contributed by atoms with van der Waals surface area (Å²) >= 11 is 0. The average Bonchev–Trinajstić information content (AvgIpc) is 2.90. The molecule has 4 amide bonds. The number of nitrogens with zero attached hydrogens (tertiary/aromatic N) is 1. The van der Waals surface area contributed by atoms with Crippen LogP contribution < -0.4 is 10.6 Å². The fraction of sp³-hybridized carbons (Fsp3) is 0.304. The molecule has 1 heterocycles. The highest BCUT2D eigenvalue weighted by Gasteiger charge is 2.35. The van der Waals surface area contributed by atoms with Crippen LogP contribution >= 0.6 is 0 Å². The number of carbonyl (C=O) groups is 4. The van der Waals surface area contributed by atoms with E-state index in [1.165, 1.54) is 6.07 Å². The molecule has 8 nitrogen and oxygen atoms in total. The second-order valence-corrected chi connectivity index (χ2v) is 8.43. The zero-order valence-electron chi connectivity index (χ0n) is 18.2. The molecule has 1 aliphatic rings. The Labute approximate surface area is 184 Å². The molecule has 1 aliphatic heterocycles. The average molecular weight is 441 g/mol. The molecule has 2 aromatic rings. The highest BCUT2D eigenvalue weighted by molar-refractivity contribution is 6.21. The van der Waals surface area contributed by atoms with Gasteiger partial charge in [-0.25, -0.2) is 9.18 Å². The van der Waals surface area contributed by atoms with Gasteiger partial charge in [0.05, 0.1) is 22.5 Å². The van der Waals surface area contributed by atoms with Crippen molar-refractivity contribution in [1.29, 1.82) is 0 Å². The number of rotatable bonds is 5. The highest BCUT2D eigenvalue weighted by atomic mass is 19.1.